The second-order valence-corrected chi connectivity index (χ2v) is 6.50. The van der Waals surface area contributed by atoms with Gasteiger partial charge in [0.2, 0.25) is 5.95 Å². The Balaban J connectivity index is 2.08. The fourth-order valence-corrected chi connectivity index (χ4v) is 3.24. The number of hydrogen-bond acceptors (Lipinski definition) is 3. The van der Waals surface area contributed by atoms with E-state index in [1.165, 1.54) is 23.1 Å². The molecule has 0 radical (unpaired) electrons. The monoisotopic (exact) mass is 328 g/mol. The van der Waals surface area contributed by atoms with Crippen molar-refractivity contribution in [3.63, 3.8) is 0 Å². The van der Waals surface area contributed by atoms with Gasteiger partial charge in [0, 0.05) is 18.6 Å². The third-order valence-corrected chi connectivity index (χ3v) is 4.65. The summed E-state index contributed by atoms with van der Waals surface area (Å²) in [5, 5.41) is 4.14. The molecular weight excluding hydrogens is 319 g/mol. The minimum absolute atomic E-state index is 0.0140. The molecule has 0 amide bonds. The van der Waals surface area contributed by atoms with Gasteiger partial charge in [0.05, 0.1) is 17.4 Å². The predicted octanol–water partition coefficient (Wildman–Crippen LogP) is 2.49. The number of H-pyrrole nitrogens is 1. The van der Waals surface area contributed by atoms with E-state index >= 15 is 0 Å². The summed E-state index contributed by atoms with van der Waals surface area (Å²) in [5.41, 5.74) is 0.495. The number of anilines is 1. The third kappa shape index (κ3) is 2.36. The van der Waals surface area contributed by atoms with Gasteiger partial charge < -0.3 is 4.98 Å². The van der Waals surface area contributed by atoms with Crippen molar-refractivity contribution in [1.29, 1.82) is 0 Å². The van der Waals surface area contributed by atoms with Gasteiger partial charge >= 0.3 is 0 Å². The van der Waals surface area contributed by atoms with Crippen LogP contribution in [0, 0.1) is 5.95 Å². The molecule has 0 bridgehead atoms. The van der Waals surface area contributed by atoms with Crippen LogP contribution in [-0.2, 0) is 17.1 Å². The van der Waals surface area contributed by atoms with Crippen LogP contribution in [0.3, 0.4) is 0 Å². The molecule has 0 saturated heterocycles. The first-order valence-corrected chi connectivity index (χ1v) is 7.72. The Hall–Kier alpha value is -2.06. The topological polar surface area (TPSA) is 79.8 Å². The summed E-state index contributed by atoms with van der Waals surface area (Å²) >= 11 is 5.81. The summed E-state index contributed by atoms with van der Waals surface area (Å²) in [5.74, 6) is -0.709. The largest absolute Gasteiger partial charge is 0.328 e. The van der Waals surface area contributed by atoms with E-state index in [-0.39, 0.29) is 21.1 Å². The minimum atomic E-state index is -3.81. The summed E-state index contributed by atoms with van der Waals surface area (Å²) in [6.07, 6.45) is 2.59. The highest BCUT2D eigenvalue weighted by Crippen LogP contribution is 2.31. The molecule has 0 fully saturated rings. The van der Waals surface area contributed by atoms with Crippen LogP contribution >= 0.6 is 11.6 Å². The molecule has 0 aliphatic carbocycles. The molecule has 6 nitrogen and oxygen atoms in total. The molecule has 2 heterocycles. The first kappa shape index (κ1) is 13.9. The smallest absolute Gasteiger partial charge is 0.265 e. The molecule has 21 heavy (non-hydrogen) atoms. The number of aromatic nitrogens is 3. The van der Waals surface area contributed by atoms with Crippen molar-refractivity contribution in [1.82, 2.24) is 14.8 Å². The van der Waals surface area contributed by atoms with Gasteiger partial charge in [0.15, 0.2) is 0 Å². The number of fused-ring (bicyclic) bond motifs is 1. The molecule has 2 aromatic heterocycles. The number of benzene rings is 1. The lowest BCUT2D eigenvalue weighted by atomic mass is 10.2. The Kier molecular flexibility index (Phi) is 3.14. The quantitative estimate of drug-likeness (QED) is 0.775. The Bertz CT molecular complexity index is 932. The van der Waals surface area contributed by atoms with Gasteiger partial charge in [-0.15, -0.1) is 0 Å². The third-order valence-electron chi connectivity index (χ3n) is 2.96. The van der Waals surface area contributed by atoms with Crippen molar-refractivity contribution in [2.75, 3.05) is 4.72 Å². The van der Waals surface area contributed by atoms with Crippen molar-refractivity contribution in [3.8, 4) is 0 Å². The van der Waals surface area contributed by atoms with Crippen molar-refractivity contribution in [2.24, 2.45) is 7.05 Å². The normalized spacial score (nSPS) is 12.0. The van der Waals surface area contributed by atoms with Gasteiger partial charge in [-0.2, -0.15) is 9.49 Å². The molecule has 0 aliphatic heterocycles. The summed E-state index contributed by atoms with van der Waals surface area (Å²) in [4.78, 5) is 2.44. The number of hydrogen-bond donors (Lipinski definition) is 2. The van der Waals surface area contributed by atoms with Crippen LogP contribution in [0.25, 0.3) is 10.9 Å². The number of halogens is 2. The van der Waals surface area contributed by atoms with Crippen LogP contribution in [0.2, 0.25) is 5.02 Å². The van der Waals surface area contributed by atoms with Crippen molar-refractivity contribution < 1.29 is 12.8 Å². The fraction of sp³-hybridized carbons (Fsp3) is 0.0833. The number of aryl methyl sites for hydroxylation is 1. The molecule has 0 atom stereocenters. The maximum Gasteiger partial charge on any atom is 0.265 e. The molecule has 0 unspecified atom stereocenters. The van der Waals surface area contributed by atoms with Crippen molar-refractivity contribution in [3.05, 3.63) is 41.6 Å². The Labute approximate surface area is 124 Å². The number of rotatable bonds is 3. The molecule has 0 aliphatic rings. The molecule has 0 spiro atoms. The number of aromatic amines is 1. The van der Waals surface area contributed by atoms with E-state index in [0.717, 1.165) is 0 Å². The van der Waals surface area contributed by atoms with Crippen LogP contribution in [0.15, 0.2) is 35.5 Å². The molecule has 2 N–H and O–H groups in total. The molecular formula is C12H10ClFN4O2S. The number of nitrogens with zero attached hydrogens (tertiary/aromatic N) is 2. The fourth-order valence-electron chi connectivity index (χ4n) is 1.98. The molecule has 110 valence electrons. The standard InChI is InChI=1S/C12H10ClFN4O2S/c1-18-6-7(5-15-18)21(19,20)17-9-4-2-3-8-10(13)12(14)16-11(8)9/h2-6,16-17H,1H3. The van der Waals surface area contributed by atoms with Crippen LogP contribution < -0.4 is 4.72 Å². The average Bonchev–Trinajstić information content (AvgIpc) is 2.97. The van der Waals surface area contributed by atoms with Crippen LogP contribution in [0.5, 0.6) is 0 Å². The molecule has 0 saturated carbocycles. The molecule has 3 rings (SSSR count). The summed E-state index contributed by atoms with van der Waals surface area (Å²) in [6, 6.07) is 4.70. The molecule has 3 aromatic rings. The van der Waals surface area contributed by atoms with Gasteiger partial charge in [-0.05, 0) is 6.07 Å². The van der Waals surface area contributed by atoms with E-state index in [1.54, 1.807) is 19.2 Å². The molecule has 1 aromatic carbocycles. The summed E-state index contributed by atoms with van der Waals surface area (Å²) < 4.78 is 41.8. The van der Waals surface area contributed by atoms with Crippen molar-refractivity contribution in [2.45, 2.75) is 4.90 Å². The first-order chi connectivity index (χ1) is 9.88. The van der Waals surface area contributed by atoms with Gasteiger partial charge in [-0.25, -0.2) is 8.42 Å². The van der Waals surface area contributed by atoms with E-state index in [2.05, 4.69) is 14.8 Å². The SMILES string of the molecule is Cn1cc(S(=O)(=O)Nc2cccc3c(Cl)c(F)[nH]c23)cn1. The zero-order valence-corrected chi connectivity index (χ0v) is 12.3. The van der Waals surface area contributed by atoms with Gasteiger partial charge in [-0.1, -0.05) is 23.7 Å². The maximum absolute atomic E-state index is 13.5. The van der Waals surface area contributed by atoms with E-state index in [9.17, 15) is 12.8 Å². The van der Waals surface area contributed by atoms with E-state index < -0.39 is 16.0 Å². The van der Waals surface area contributed by atoms with Crippen LogP contribution in [-0.4, -0.2) is 23.2 Å². The number of sulfonamides is 1. The first-order valence-electron chi connectivity index (χ1n) is 5.85. The zero-order chi connectivity index (χ0) is 15.2. The van der Waals surface area contributed by atoms with Gasteiger partial charge in [0.1, 0.15) is 9.92 Å². The van der Waals surface area contributed by atoms with Gasteiger partial charge in [0.25, 0.3) is 10.0 Å². The second kappa shape index (κ2) is 4.74. The van der Waals surface area contributed by atoms with Crippen LogP contribution in [0.1, 0.15) is 0 Å². The van der Waals surface area contributed by atoms with Crippen LogP contribution in [0.4, 0.5) is 10.1 Å². The number of nitrogens with one attached hydrogen (secondary N) is 2. The lowest BCUT2D eigenvalue weighted by molar-refractivity contribution is 0.594. The van der Waals surface area contributed by atoms with Gasteiger partial charge in [-0.3, -0.25) is 9.40 Å². The highest BCUT2D eigenvalue weighted by molar-refractivity contribution is 7.92. The number of para-hydroxylation sites is 1. The highest BCUT2D eigenvalue weighted by Gasteiger charge is 2.19. The van der Waals surface area contributed by atoms with Crippen molar-refractivity contribution >= 4 is 38.2 Å². The Morgan fingerprint density at radius 3 is 2.86 bits per heavy atom. The minimum Gasteiger partial charge on any atom is -0.328 e. The average molecular weight is 329 g/mol. The zero-order valence-electron chi connectivity index (χ0n) is 10.8. The lowest BCUT2D eigenvalue weighted by Gasteiger charge is -2.07. The van der Waals surface area contributed by atoms with E-state index in [4.69, 9.17) is 11.6 Å². The Morgan fingerprint density at radius 2 is 2.19 bits per heavy atom. The summed E-state index contributed by atoms with van der Waals surface area (Å²) in [7, 11) is -2.20. The lowest BCUT2D eigenvalue weighted by Crippen LogP contribution is -2.12. The second-order valence-electron chi connectivity index (χ2n) is 4.44. The summed E-state index contributed by atoms with van der Waals surface area (Å²) in [6.45, 7) is 0. The molecule has 9 heteroatoms. The van der Waals surface area contributed by atoms with E-state index in [0.29, 0.717) is 5.39 Å². The highest BCUT2D eigenvalue weighted by atomic mass is 35.5. The van der Waals surface area contributed by atoms with E-state index in [1.807, 2.05) is 0 Å². The maximum atomic E-state index is 13.5. The predicted molar refractivity (Wildman–Crippen MR) is 77.3 cm³/mol. The Morgan fingerprint density at radius 1 is 1.43 bits per heavy atom.